The zero-order valence-corrected chi connectivity index (χ0v) is 29.4. The molecular weight excluding hydrogens is 530 g/mol. The minimum absolute atomic E-state index is 0.529. The molecule has 1 aliphatic rings. The zero-order chi connectivity index (χ0) is 33.4. The Kier molecular flexibility index (Phi) is 47.6. The second-order valence-electron chi connectivity index (χ2n) is 8.39. The van der Waals surface area contributed by atoms with Crippen LogP contribution in [0, 0.1) is 0 Å². The summed E-state index contributed by atoms with van der Waals surface area (Å²) in [6.45, 7) is 23.5. The number of nitrogens with two attached hydrogens (primary N) is 2. The fourth-order valence-corrected chi connectivity index (χ4v) is 2.91. The Balaban J connectivity index is -0.000000296. The van der Waals surface area contributed by atoms with Crippen molar-refractivity contribution in [1.82, 2.24) is 20.7 Å². The van der Waals surface area contributed by atoms with E-state index in [2.05, 4.69) is 83.1 Å². The van der Waals surface area contributed by atoms with Crippen LogP contribution in [0.2, 0.25) is 0 Å². The van der Waals surface area contributed by atoms with Gasteiger partial charge in [-0.1, -0.05) is 90.5 Å². The van der Waals surface area contributed by atoms with Crippen LogP contribution in [0.5, 0.6) is 0 Å². The number of aromatic nitrogens is 1. The van der Waals surface area contributed by atoms with Gasteiger partial charge >= 0.3 is 0 Å². The number of rotatable bonds is 12. The number of nitrogens with zero attached hydrogens (tertiary/aromatic N) is 3. The largest absolute Gasteiger partial charge is 0.333 e. The predicted molar refractivity (Wildman–Crippen MR) is 195 cm³/mol. The van der Waals surface area contributed by atoms with Crippen molar-refractivity contribution in [3.8, 4) is 0 Å². The molecule has 2 rings (SSSR count). The summed E-state index contributed by atoms with van der Waals surface area (Å²) in [6, 6.07) is 5.98. The highest BCUT2D eigenvalue weighted by atomic mass is 15.5. The maximum atomic E-state index is 5.36. The quantitative estimate of drug-likeness (QED) is 0.0653. The zero-order valence-electron chi connectivity index (χ0n) is 29.4. The van der Waals surface area contributed by atoms with E-state index in [4.69, 9.17) is 5.73 Å². The van der Waals surface area contributed by atoms with Crippen LogP contribution >= 0.6 is 0 Å². The summed E-state index contributed by atoms with van der Waals surface area (Å²) in [5.41, 5.74) is 19.7. The fourth-order valence-electron chi connectivity index (χ4n) is 2.91. The fraction of sp³-hybridized carbons (Fsp3) is 0.528. The summed E-state index contributed by atoms with van der Waals surface area (Å²) in [6.07, 6.45) is 23.2. The molecule has 6 N–H and O–H groups in total. The number of likely N-dealkylation sites (N-methyl/N-ethyl adjacent to an activating group) is 1. The normalized spacial score (nSPS) is 11.0. The third-order valence-corrected chi connectivity index (χ3v) is 4.77. The molecule has 0 saturated carbocycles. The molecule has 0 aromatic carbocycles. The highest BCUT2D eigenvalue weighted by Gasteiger charge is 2.02. The van der Waals surface area contributed by atoms with Crippen LogP contribution in [0.15, 0.2) is 95.0 Å². The molecule has 7 nitrogen and oxygen atoms in total. The lowest BCUT2D eigenvalue weighted by molar-refractivity contribution is 0.194. The van der Waals surface area contributed by atoms with Gasteiger partial charge in [-0.2, -0.15) is 0 Å². The number of allylic oxidation sites excluding steroid dienone is 6. The van der Waals surface area contributed by atoms with Crippen LogP contribution in [0.25, 0.3) is 0 Å². The van der Waals surface area contributed by atoms with Gasteiger partial charge in [0.2, 0.25) is 0 Å². The second-order valence-corrected chi connectivity index (χ2v) is 8.39. The summed E-state index contributed by atoms with van der Waals surface area (Å²) >= 11 is 0. The Morgan fingerprint density at radius 1 is 1.07 bits per heavy atom. The molecule has 0 atom stereocenters. The average Bonchev–Trinajstić information content (AvgIpc) is 3.34. The van der Waals surface area contributed by atoms with E-state index in [9.17, 15) is 0 Å². The van der Waals surface area contributed by atoms with Crippen LogP contribution in [0.3, 0.4) is 0 Å². The van der Waals surface area contributed by atoms with E-state index in [1.165, 1.54) is 19.0 Å². The minimum Gasteiger partial charge on any atom is -0.333 e. The molecular formula is C36H67N7. The predicted octanol–water partition coefficient (Wildman–Crippen LogP) is 7.52. The van der Waals surface area contributed by atoms with Crippen LogP contribution in [0.4, 0.5) is 0 Å². The molecule has 0 unspecified atom stereocenters. The number of hydrogen-bond acceptors (Lipinski definition) is 7. The summed E-state index contributed by atoms with van der Waals surface area (Å²) in [5, 5.41) is 5.65. The SMILES string of the molecule is C/C=C\CC.CC.CC=C=C(/C=C\C)CNCCN(CC)NCc1ccccn1.CCC.CN.NCC1=CC=CCC=N1. The Morgan fingerprint density at radius 3 is 2.26 bits per heavy atom. The molecule has 0 amide bonds. The van der Waals surface area contributed by atoms with Crippen molar-refractivity contribution in [2.75, 3.05) is 39.8 Å². The molecule has 1 aromatic rings. The smallest absolute Gasteiger partial charge is 0.0555 e. The van der Waals surface area contributed by atoms with Gasteiger partial charge < -0.3 is 16.8 Å². The first-order valence-corrected chi connectivity index (χ1v) is 15.9. The summed E-state index contributed by atoms with van der Waals surface area (Å²) in [5.74, 6) is 0. The van der Waals surface area contributed by atoms with Crippen molar-refractivity contribution < 1.29 is 0 Å². The summed E-state index contributed by atoms with van der Waals surface area (Å²) in [4.78, 5) is 8.41. The number of pyridine rings is 1. The minimum atomic E-state index is 0.529. The molecule has 7 heteroatoms. The molecule has 0 radical (unpaired) electrons. The van der Waals surface area contributed by atoms with Crippen molar-refractivity contribution in [3.63, 3.8) is 0 Å². The monoisotopic (exact) mass is 598 g/mol. The Morgan fingerprint density at radius 2 is 1.77 bits per heavy atom. The molecule has 0 aliphatic carbocycles. The van der Waals surface area contributed by atoms with E-state index in [1.807, 2.05) is 95.6 Å². The molecule has 0 fully saturated rings. The van der Waals surface area contributed by atoms with E-state index in [0.29, 0.717) is 6.54 Å². The lowest BCUT2D eigenvalue weighted by Crippen LogP contribution is -2.42. The van der Waals surface area contributed by atoms with Crippen LogP contribution in [-0.4, -0.2) is 56.0 Å². The first kappa shape index (κ1) is 47.0. The van der Waals surface area contributed by atoms with Crippen molar-refractivity contribution in [2.24, 2.45) is 16.5 Å². The van der Waals surface area contributed by atoms with Crippen LogP contribution in [-0.2, 0) is 6.54 Å². The third kappa shape index (κ3) is 37.1. The van der Waals surface area contributed by atoms with Crippen LogP contribution < -0.4 is 22.2 Å². The first-order valence-electron chi connectivity index (χ1n) is 15.9. The van der Waals surface area contributed by atoms with Gasteiger partial charge in [-0.3, -0.25) is 9.98 Å². The van der Waals surface area contributed by atoms with Crippen molar-refractivity contribution in [2.45, 2.75) is 88.1 Å². The molecule has 0 bridgehead atoms. The maximum absolute atomic E-state index is 5.36. The standard InChI is InChI=1S/C18H28N4.C7H10N2.C5H10.C3H8.C2H6.CH5N/c1-4-9-17(10-5-2)15-19-13-14-22(6-3)21-16-18-11-7-8-12-20-18;8-6-7-4-2-1-3-5-9-7;1-3-5-4-2;1-3-2;2*1-2/h4-5,7-9,11-12,19,21H,6,13-16H2,1-3H3;1-2,4-5H,3,6,8H2;3,5H,4H2,1-2H3;3H2,1-2H3;1-2H3;2H2,1H3/b9-4-;;5-3-;;;. The average molecular weight is 598 g/mol. The van der Waals surface area contributed by atoms with Crippen molar-refractivity contribution in [3.05, 3.63) is 95.7 Å². The van der Waals surface area contributed by atoms with E-state index in [-0.39, 0.29) is 0 Å². The molecule has 2 heterocycles. The second kappa shape index (κ2) is 43.6. The highest BCUT2D eigenvalue weighted by Crippen LogP contribution is 1.98. The first-order chi connectivity index (χ1) is 21.1. The van der Waals surface area contributed by atoms with Gasteiger partial charge in [0.05, 0.1) is 17.9 Å². The molecule has 43 heavy (non-hydrogen) atoms. The van der Waals surface area contributed by atoms with E-state index >= 15 is 0 Å². The Labute approximate surface area is 266 Å². The van der Waals surface area contributed by atoms with Gasteiger partial charge in [-0.05, 0) is 58.5 Å². The number of hydrogen-bond donors (Lipinski definition) is 4. The lowest BCUT2D eigenvalue weighted by atomic mass is 10.2. The van der Waals surface area contributed by atoms with Gasteiger partial charge in [0, 0.05) is 57.1 Å². The number of nitrogens with one attached hydrogen (secondary N) is 2. The number of aliphatic imine (C=N–C) groups is 1. The number of hydrazine groups is 1. The van der Waals surface area contributed by atoms with Crippen molar-refractivity contribution in [1.29, 1.82) is 0 Å². The van der Waals surface area contributed by atoms with Gasteiger partial charge in [-0.15, -0.1) is 5.73 Å². The van der Waals surface area contributed by atoms with Crippen molar-refractivity contribution >= 4 is 6.21 Å². The topological polar surface area (TPSA) is 105 Å². The van der Waals surface area contributed by atoms with Crippen LogP contribution in [0.1, 0.15) is 87.3 Å². The molecule has 1 aliphatic heterocycles. The van der Waals surface area contributed by atoms with Gasteiger partial charge in [0.15, 0.2) is 0 Å². The lowest BCUT2D eigenvalue weighted by Gasteiger charge is -2.21. The van der Waals surface area contributed by atoms with E-state index in [0.717, 1.165) is 57.0 Å². The van der Waals surface area contributed by atoms with E-state index < -0.39 is 0 Å². The molecule has 0 spiro atoms. The summed E-state index contributed by atoms with van der Waals surface area (Å²) in [7, 11) is 1.50. The Bertz CT molecular complexity index is 878. The molecule has 1 aromatic heterocycles. The van der Waals surface area contributed by atoms with E-state index in [1.54, 1.807) is 0 Å². The molecule has 246 valence electrons. The highest BCUT2D eigenvalue weighted by molar-refractivity contribution is 5.62. The molecule has 0 saturated heterocycles. The maximum Gasteiger partial charge on any atom is 0.0555 e. The Hall–Kier alpha value is -2.90. The van der Waals surface area contributed by atoms with Gasteiger partial charge in [-0.25, -0.2) is 10.4 Å². The van der Waals surface area contributed by atoms with Gasteiger partial charge in [0.1, 0.15) is 0 Å². The third-order valence-electron chi connectivity index (χ3n) is 4.77. The van der Waals surface area contributed by atoms with Gasteiger partial charge in [0.25, 0.3) is 0 Å². The summed E-state index contributed by atoms with van der Waals surface area (Å²) < 4.78 is 0.